The summed E-state index contributed by atoms with van der Waals surface area (Å²) in [5.74, 6) is -4.34. The molecular formula is C20H21Cl2F4N3O. The quantitative estimate of drug-likeness (QED) is 0.237. The lowest BCUT2D eigenvalue weighted by Crippen LogP contribution is -2.43. The average Bonchev–Trinajstić information content (AvgIpc) is 2.68. The number of aliphatic imine (C=N–C) groups is 1. The largest absolute Gasteiger partial charge is 0.382 e. The zero-order valence-electron chi connectivity index (χ0n) is 15.9. The lowest BCUT2D eigenvalue weighted by molar-refractivity contribution is -0.0585. The SMILES string of the molecule is C=C/C(=C\N=C(N)C(F)F)C1(CNC(=O)c2c(Cl)cccc2Cl)CCC(F)(F)CC1. The van der Waals surface area contributed by atoms with Gasteiger partial charge < -0.3 is 11.1 Å². The second-order valence-electron chi connectivity index (χ2n) is 7.06. The van der Waals surface area contributed by atoms with Gasteiger partial charge in [0.1, 0.15) is 0 Å². The highest BCUT2D eigenvalue weighted by molar-refractivity contribution is 6.39. The van der Waals surface area contributed by atoms with Crippen LogP contribution in [0.15, 0.2) is 47.6 Å². The van der Waals surface area contributed by atoms with Gasteiger partial charge in [-0.1, -0.05) is 41.9 Å². The van der Waals surface area contributed by atoms with Gasteiger partial charge >= 0.3 is 0 Å². The van der Waals surface area contributed by atoms with Crippen molar-refractivity contribution in [3.05, 3.63) is 58.2 Å². The third kappa shape index (κ3) is 5.76. The molecule has 0 radical (unpaired) electrons. The highest BCUT2D eigenvalue weighted by Gasteiger charge is 2.45. The summed E-state index contributed by atoms with van der Waals surface area (Å²) in [5, 5.41) is 2.95. The van der Waals surface area contributed by atoms with E-state index in [1.807, 2.05) is 0 Å². The predicted octanol–water partition coefficient (Wildman–Crippen LogP) is 5.61. The van der Waals surface area contributed by atoms with Gasteiger partial charge in [0.25, 0.3) is 12.3 Å². The van der Waals surface area contributed by atoms with Crippen LogP contribution >= 0.6 is 23.2 Å². The number of nitrogens with two attached hydrogens (primary N) is 1. The lowest BCUT2D eigenvalue weighted by atomic mass is 9.68. The second-order valence-corrected chi connectivity index (χ2v) is 7.87. The van der Waals surface area contributed by atoms with Crippen molar-refractivity contribution in [3.8, 4) is 0 Å². The van der Waals surface area contributed by atoms with E-state index in [2.05, 4.69) is 16.9 Å². The number of carbonyl (C=O) groups is 1. The molecule has 0 atom stereocenters. The van der Waals surface area contributed by atoms with E-state index in [9.17, 15) is 22.4 Å². The third-order valence-electron chi connectivity index (χ3n) is 5.12. The molecule has 1 aromatic rings. The number of alkyl halides is 4. The van der Waals surface area contributed by atoms with Crippen molar-refractivity contribution in [2.75, 3.05) is 6.54 Å². The molecule has 10 heteroatoms. The Hall–Kier alpha value is -2.06. The van der Waals surface area contributed by atoms with Gasteiger partial charge in [-0.3, -0.25) is 4.79 Å². The average molecular weight is 466 g/mol. The first-order valence-corrected chi connectivity index (χ1v) is 9.81. The van der Waals surface area contributed by atoms with Gasteiger partial charge in [-0.25, -0.2) is 22.6 Å². The molecule has 0 aromatic heterocycles. The molecule has 1 aliphatic rings. The maximum Gasteiger partial charge on any atom is 0.294 e. The summed E-state index contributed by atoms with van der Waals surface area (Å²) < 4.78 is 52.9. The summed E-state index contributed by atoms with van der Waals surface area (Å²) in [6, 6.07) is 4.57. The minimum Gasteiger partial charge on any atom is -0.382 e. The summed E-state index contributed by atoms with van der Waals surface area (Å²) in [6.45, 7) is 3.58. The highest BCUT2D eigenvalue weighted by Crippen LogP contribution is 2.48. The van der Waals surface area contributed by atoms with Gasteiger partial charge in [-0.05, 0) is 30.5 Å². The van der Waals surface area contributed by atoms with Crippen molar-refractivity contribution in [1.82, 2.24) is 5.32 Å². The summed E-state index contributed by atoms with van der Waals surface area (Å²) in [5.41, 5.74) is 4.56. The van der Waals surface area contributed by atoms with Gasteiger partial charge in [0.15, 0.2) is 5.84 Å². The molecule has 3 N–H and O–H groups in total. The number of amidine groups is 1. The Kier molecular flexibility index (Phi) is 7.93. The molecule has 0 heterocycles. The maximum absolute atomic E-state index is 13.8. The van der Waals surface area contributed by atoms with E-state index in [0.29, 0.717) is 5.57 Å². The molecule has 164 valence electrons. The number of nitrogens with one attached hydrogen (secondary N) is 1. The maximum atomic E-state index is 13.8. The number of benzene rings is 1. The van der Waals surface area contributed by atoms with E-state index in [-0.39, 0.29) is 35.0 Å². The molecule has 0 spiro atoms. The topological polar surface area (TPSA) is 67.5 Å². The standard InChI is InChI=1S/C20H21Cl2F4N3O/c1-2-12(10-28-17(27)16(23)24)19(6-8-20(25,26)9-7-19)11-29-18(30)15-13(21)4-3-5-14(15)22/h2-5,10,16H,1,6-9,11H2,(H2,27,28)(H,29,30)/b12-10+. The molecule has 1 saturated carbocycles. The van der Waals surface area contributed by atoms with Crippen molar-refractivity contribution < 1.29 is 22.4 Å². The first-order valence-electron chi connectivity index (χ1n) is 9.06. The number of hydrogen-bond acceptors (Lipinski definition) is 2. The molecular weight excluding hydrogens is 445 g/mol. The van der Waals surface area contributed by atoms with Crippen LogP contribution in [-0.4, -0.2) is 30.6 Å². The Morgan fingerprint density at radius 2 is 1.80 bits per heavy atom. The molecule has 0 aliphatic heterocycles. The second kappa shape index (κ2) is 9.83. The van der Waals surface area contributed by atoms with Crippen LogP contribution in [-0.2, 0) is 0 Å². The number of amides is 1. The summed E-state index contributed by atoms with van der Waals surface area (Å²) in [7, 11) is 0. The van der Waals surface area contributed by atoms with Crippen LogP contribution in [0.5, 0.6) is 0 Å². The number of nitrogens with zero attached hydrogens (tertiary/aromatic N) is 1. The minimum absolute atomic E-state index is 0.0154. The molecule has 4 nitrogen and oxygen atoms in total. The normalized spacial score (nSPS) is 18.9. The van der Waals surface area contributed by atoms with Gasteiger partial charge in [-0.15, -0.1) is 0 Å². The van der Waals surface area contributed by atoms with Gasteiger partial charge in [0, 0.05) is 31.0 Å². The molecule has 1 fully saturated rings. The van der Waals surface area contributed by atoms with E-state index in [0.717, 1.165) is 6.20 Å². The van der Waals surface area contributed by atoms with E-state index in [1.54, 1.807) is 6.07 Å². The number of rotatable bonds is 7. The summed E-state index contributed by atoms with van der Waals surface area (Å²) in [4.78, 5) is 16.2. The Morgan fingerprint density at radius 3 is 2.30 bits per heavy atom. The molecule has 1 aromatic carbocycles. The molecule has 30 heavy (non-hydrogen) atoms. The molecule has 1 amide bonds. The number of halogens is 6. The van der Waals surface area contributed by atoms with Gasteiger partial charge in [0.2, 0.25) is 5.92 Å². The fourth-order valence-electron chi connectivity index (χ4n) is 3.32. The first kappa shape index (κ1) is 24.2. The fourth-order valence-corrected chi connectivity index (χ4v) is 3.89. The molecule has 0 unspecified atom stereocenters. The zero-order chi connectivity index (χ0) is 22.5. The zero-order valence-corrected chi connectivity index (χ0v) is 17.4. The lowest BCUT2D eigenvalue weighted by Gasteiger charge is -2.41. The fraction of sp³-hybridized carbons (Fsp3) is 0.400. The van der Waals surface area contributed by atoms with E-state index in [4.69, 9.17) is 28.9 Å². The Balaban J connectivity index is 2.33. The molecule has 0 saturated heterocycles. The van der Waals surface area contributed by atoms with Crippen LogP contribution < -0.4 is 11.1 Å². The Morgan fingerprint density at radius 1 is 1.23 bits per heavy atom. The van der Waals surface area contributed by atoms with Crippen molar-refractivity contribution in [2.45, 2.75) is 38.0 Å². The summed E-state index contributed by atoms with van der Waals surface area (Å²) >= 11 is 12.1. The van der Waals surface area contributed by atoms with E-state index >= 15 is 0 Å². The van der Waals surface area contributed by atoms with Crippen molar-refractivity contribution in [2.24, 2.45) is 16.1 Å². The van der Waals surface area contributed by atoms with Crippen LogP contribution in [0.1, 0.15) is 36.0 Å². The molecule has 2 rings (SSSR count). The monoisotopic (exact) mass is 465 g/mol. The van der Waals surface area contributed by atoms with Crippen LogP contribution in [0.3, 0.4) is 0 Å². The molecule has 1 aliphatic carbocycles. The highest BCUT2D eigenvalue weighted by atomic mass is 35.5. The first-order chi connectivity index (χ1) is 14.0. The van der Waals surface area contributed by atoms with Gasteiger partial charge in [0.05, 0.1) is 15.6 Å². The number of carbonyl (C=O) groups excluding carboxylic acids is 1. The smallest absolute Gasteiger partial charge is 0.294 e. The summed E-state index contributed by atoms with van der Waals surface area (Å²) in [6.07, 6.45) is -1.42. The minimum atomic E-state index is -2.96. The van der Waals surface area contributed by atoms with Crippen molar-refractivity contribution >= 4 is 34.9 Å². The molecule has 0 bridgehead atoms. The van der Waals surface area contributed by atoms with Crippen LogP contribution in [0.2, 0.25) is 10.0 Å². The van der Waals surface area contributed by atoms with Crippen molar-refractivity contribution in [3.63, 3.8) is 0 Å². The van der Waals surface area contributed by atoms with Crippen LogP contribution in [0, 0.1) is 5.41 Å². The van der Waals surface area contributed by atoms with E-state index < -0.39 is 42.3 Å². The number of allylic oxidation sites excluding steroid dienone is 1. The van der Waals surface area contributed by atoms with Crippen LogP contribution in [0.25, 0.3) is 0 Å². The van der Waals surface area contributed by atoms with Gasteiger partial charge in [-0.2, -0.15) is 0 Å². The Labute approximate surface area is 181 Å². The van der Waals surface area contributed by atoms with E-state index in [1.165, 1.54) is 18.2 Å². The van der Waals surface area contributed by atoms with Crippen molar-refractivity contribution in [1.29, 1.82) is 0 Å². The Bertz CT molecular complexity index is 841. The van der Waals surface area contributed by atoms with Crippen LogP contribution in [0.4, 0.5) is 17.6 Å². The third-order valence-corrected chi connectivity index (χ3v) is 5.75. The predicted molar refractivity (Wildman–Crippen MR) is 111 cm³/mol. The number of hydrogen-bond donors (Lipinski definition) is 2.